The highest BCUT2D eigenvalue weighted by Crippen LogP contribution is 2.31. The van der Waals surface area contributed by atoms with Crippen LogP contribution in [0.3, 0.4) is 0 Å². The number of nitrogens with two attached hydrogens (primary N) is 1. The molecule has 28 heavy (non-hydrogen) atoms. The molecule has 0 saturated heterocycles. The molecule has 1 aliphatic heterocycles. The standard InChI is InChI=1S/C23H30N2O3/c1-17(2)15-25(20-6-3-5-18(13-20)8-10-23(24)26)16-19-7-9-21-22(14-19)28-12-4-11-27-21/h3,5-7,9,13-14,17H,4,8,10-12,15-16H2,1-2H3,(H2,24,26). The second kappa shape index (κ2) is 9.49. The van der Waals surface area contributed by atoms with Gasteiger partial charge in [-0.3, -0.25) is 4.79 Å². The Hall–Kier alpha value is -2.69. The molecule has 0 radical (unpaired) electrons. The van der Waals surface area contributed by atoms with Crippen molar-refractivity contribution in [2.24, 2.45) is 11.7 Å². The lowest BCUT2D eigenvalue weighted by molar-refractivity contribution is -0.117. The van der Waals surface area contributed by atoms with E-state index in [-0.39, 0.29) is 5.91 Å². The van der Waals surface area contributed by atoms with Gasteiger partial charge in [0.2, 0.25) is 5.91 Å². The van der Waals surface area contributed by atoms with Crippen LogP contribution in [0.2, 0.25) is 0 Å². The third kappa shape index (κ3) is 5.65. The first-order chi connectivity index (χ1) is 13.5. The zero-order valence-electron chi connectivity index (χ0n) is 16.8. The number of rotatable bonds is 8. The summed E-state index contributed by atoms with van der Waals surface area (Å²) in [6.45, 7) is 7.55. The molecule has 5 heteroatoms. The van der Waals surface area contributed by atoms with E-state index in [1.54, 1.807) is 0 Å². The van der Waals surface area contributed by atoms with Crippen LogP contribution in [0.5, 0.6) is 11.5 Å². The molecule has 2 N–H and O–H groups in total. The van der Waals surface area contributed by atoms with E-state index in [4.69, 9.17) is 15.2 Å². The van der Waals surface area contributed by atoms with Crippen molar-refractivity contribution >= 4 is 11.6 Å². The van der Waals surface area contributed by atoms with Gasteiger partial charge < -0.3 is 20.1 Å². The lowest BCUT2D eigenvalue weighted by Crippen LogP contribution is -2.27. The molecule has 1 amide bonds. The molecule has 1 heterocycles. The molecular weight excluding hydrogens is 352 g/mol. The topological polar surface area (TPSA) is 64.8 Å². The average Bonchev–Trinajstić information content (AvgIpc) is 2.91. The van der Waals surface area contributed by atoms with Crippen LogP contribution >= 0.6 is 0 Å². The quantitative estimate of drug-likeness (QED) is 0.751. The van der Waals surface area contributed by atoms with E-state index in [0.29, 0.717) is 32.0 Å². The minimum atomic E-state index is -0.267. The lowest BCUT2D eigenvalue weighted by atomic mass is 10.1. The maximum atomic E-state index is 11.1. The highest BCUT2D eigenvalue weighted by molar-refractivity contribution is 5.74. The van der Waals surface area contributed by atoms with E-state index in [0.717, 1.165) is 42.3 Å². The van der Waals surface area contributed by atoms with Gasteiger partial charge in [-0.05, 0) is 47.7 Å². The molecule has 150 valence electrons. The van der Waals surface area contributed by atoms with Crippen LogP contribution in [0.4, 0.5) is 5.69 Å². The second-order valence-corrected chi connectivity index (χ2v) is 7.74. The van der Waals surface area contributed by atoms with Gasteiger partial charge in [0.25, 0.3) is 0 Å². The first-order valence-corrected chi connectivity index (χ1v) is 10.0. The number of nitrogens with zero attached hydrogens (tertiary/aromatic N) is 1. The minimum absolute atomic E-state index is 0.267. The number of primary amides is 1. The van der Waals surface area contributed by atoms with E-state index in [1.807, 2.05) is 18.2 Å². The third-order valence-corrected chi connectivity index (χ3v) is 4.71. The zero-order valence-corrected chi connectivity index (χ0v) is 16.8. The Morgan fingerprint density at radius 2 is 1.86 bits per heavy atom. The summed E-state index contributed by atoms with van der Waals surface area (Å²) in [7, 11) is 0. The monoisotopic (exact) mass is 382 g/mol. The fourth-order valence-corrected chi connectivity index (χ4v) is 3.40. The Kier molecular flexibility index (Phi) is 6.80. The number of hydrogen-bond donors (Lipinski definition) is 1. The number of carbonyl (C=O) groups is 1. The molecule has 5 nitrogen and oxygen atoms in total. The number of anilines is 1. The Labute approximate surface area is 167 Å². The molecule has 0 bridgehead atoms. The fraction of sp³-hybridized carbons (Fsp3) is 0.435. The molecule has 2 aromatic rings. The van der Waals surface area contributed by atoms with E-state index >= 15 is 0 Å². The van der Waals surface area contributed by atoms with Crippen LogP contribution < -0.4 is 20.1 Å². The predicted molar refractivity (Wildman–Crippen MR) is 112 cm³/mol. The van der Waals surface area contributed by atoms with Crippen molar-refractivity contribution in [2.75, 3.05) is 24.7 Å². The van der Waals surface area contributed by atoms with Crippen molar-refractivity contribution in [1.82, 2.24) is 0 Å². The maximum absolute atomic E-state index is 11.1. The third-order valence-electron chi connectivity index (χ3n) is 4.71. The van der Waals surface area contributed by atoms with Crippen molar-refractivity contribution in [3.05, 3.63) is 53.6 Å². The maximum Gasteiger partial charge on any atom is 0.217 e. The smallest absolute Gasteiger partial charge is 0.217 e. The van der Waals surface area contributed by atoms with Crippen molar-refractivity contribution in [2.45, 2.75) is 39.7 Å². The van der Waals surface area contributed by atoms with Crippen LogP contribution in [0, 0.1) is 5.92 Å². The molecule has 0 atom stereocenters. The number of ether oxygens (including phenoxy) is 2. The number of carbonyl (C=O) groups excluding carboxylic acids is 1. The van der Waals surface area contributed by atoms with Gasteiger partial charge in [-0.1, -0.05) is 32.0 Å². The molecular formula is C23H30N2O3. The molecule has 0 unspecified atom stereocenters. The van der Waals surface area contributed by atoms with E-state index in [1.165, 1.54) is 5.56 Å². The van der Waals surface area contributed by atoms with Gasteiger partial charge in [-0.25, -0.2) is 0 Å². The number of aryl methyl sites for hydroxylation is 1. The molecule has 0 fully saturated rings. The van der Waals surface area contributed by atoms with Crippen LogP contribution in [-0.2, 0) is 17.8 Å². The van der Waals surface area contributed by atoms with Gasteiger partial charge in [-0.2, -0.15) is 0 Å². The Morgan fingerprint density at radius 1 is 1.07 bits per heavy atom. The summed E-state index contributed by atoms with van der Waals surface area (Å²) < 4.78 is 11.6. The Morgan fingerprint density at radius 3 is 2.61 bits per heavy atom. The van der Waals surface area contributed by atoms with Crippen LogP contribution in [0.1, 0.15) is 37.8 Å². The summed E-state index contributed by atoms with van der Waals surface area (Å²) in [5.41, 5.74) is 8.77. The Balaban J connectivity index is 1.80. The van der Waals surface area contributed by atoms with Crippen LogP contribution in [0.15, 0.2) is 42.5 Å². The highest BCUT2D eigenvalue weighted by Gasteiger charge is 2.14. The summed E-state index contributed by atoms with van der Waals surface area (Å²) in [5.74, 6) is 1.91. The van der Waals surface area contributed by atoms with Crippen molar-refractivity contribution in [3.63, 3.8) is 0 Å². The number of fused-ring (bicyclic) bond motifs is 1. The van der Waals surface area contributed by atoms with Gasteiger partial charge in [0.1, 0.15) is 0 Å². The van der Waals surface area contributed by atoms with Crippen molar-refractivity contribution in [3.8, 4) is 11.5 Å². The minimum Gasteiger partial charge on any atom is -0.490 e. The summed E-state index contributed by atoms with van der Waals surface area (Å²) >= 11 is 0. The molecule has 0 aromatic heterocycles. The SMILES string of the molecule is CC(C)CN(Cc1ccc2c(c1)OCCCO2)c1cccc(CCC(N)=O)c1. The van der Waals surface area contributed by atoms with E-state index in [2.05, 4.69) is 43.0 Å². The first-order valence-electron chi connectivity index (χ1n) is 10.0. The van der Waals surface area contributed by atoms with Crippen LogP contribution in [0.25, 0.3) is 0 Å². The summed E-state index contributed by atoms with van der Waals surface area (Å²) in [4.78, 5) is 13.5. The number of amides is 1. The van der Waals surface area contributed by atoms with Gasteiger partial charge in [0, 0.05) is 31.6 Å². The summed E-state index contributed by atoms with van der Waals surface area (Å²) in [5, 5.41) is 0. The number of hydrogen-bond acceptors (Lipinski definition) is 4. The normalized spacial score (nSPS) is 13.2. The lowest BCUT2D eigenvalue weighted by Gasteiger charge is -2.27. The number of benzene rings is 2. The summed E-state index contributed by atoms with van der Waals surface area (Å²) in [6.07, 6.45) is 1.94. The molecule has 1 aliphatic rings. The molecule has 2 aromatic carbocycles. The first kappa shape index (κ1) is 20.1. The van der Waals surface area contributed by atoms with Gasteiger partial charge in [0.05, 0.1) is 13.2 Å². The van der Waals surface area contributed by atoms with Crippen LogP contribution in [-0.4, -0.2) is 25.7 Å². The van der Waals surface area contributed by atoms with Gasteiger partial charge in [-0.15, -0.1) is 0 Å². The second-order valence-electron chi connectivity index (χ2n) is 7.74. The molecule has 0 aliphatic carbocycles. The fourth-order valence-electron chi connectivity index (χ4n) is 3.40. The van der Waals surface area contributed by atoms with E-state index < -0.39 is 0 Å². The summed E-state index contributed by atoms with van der Waals surface area (Å²) in [6, 6.07) is 14.6. The van der Waals surface area contributed by atoms with Gasteiger partial charge >= 0.3 is 0 Å². The Bertz CT molecular complexity index is 804. The highest BCUT2D eigenvalue weighted by atomic mass is 16.5. The van der Waals surface area contributed by atoms with E-state index in [9.17, 15) is 4.79 Å². The molecule has 3 rings (SSSR count). The van der Waals surface area contributed by atoms with Crippen molar-refractivity contribution < 1.29 is 14.3 Å². The largest absolute Gasteiger partial charge is 0.490 e. The zero-order chi connectivity index (χ0) is 19.9. The van der Waals surface area contributed by atoms with Gasteiger partial charge in [0.15, 0.2) is 11.5 Å². The predicted octanol–water partition coefficient (Wildman–Crippen LogP) is 3.93. The average molecular weight is 383 g/mol. The molecule has 0 spiro atoms. The molecule has 0 saturated carbocycles. The van der Waals surface area contributed by atoms with Crippen molar-refractivity contribution in [1.29, 1.82) is 0 Å².